The van der Waals surface area contributed by atoms with Crippen LogP contribution in [0.25, 0.3) is 11.5 Å². The lowest BCUT2D eigenvalue weighted by atomic mass is 10.1. The van der Waals surface area contributed by atoms with Gasteiger partial charge in [-0.25, -0.2) is 10.8 Å². The average molecular weight is 356 g/mol. The highest BCUT2D eigenvalue weighted by Crippen LogP contribution is 2.32. The van der Waals surface area contributed by atoms with E-state index in [-0.39, 0.29) is 11.6 Å². The molecule has 10 heteroatoms. The number of pyridine rings is 1. The number of nitrogens with one attached hydrogen (secondary N) is 2. The van der Waals surface area contributed by atoms with Crippen molar-refractivity contribution in [1.29, 1.82) is 0 Å². The molecule has 0 aliphatic heterocycles. The van der Waals surface area contributed by atoms with Crippen LogP contribution < -0.4 is 27.2 Å². The number of para-hydroxylation sites is 1. The van der Waals surface area contributed by atoms with Crippen LogP contribution in [0.1, 0.15) is 5.56 Å². The molecule has 0 bridgehead atoms. The Kier molecular flexibility index (Phi) is 4.76. The minimum atomic E-state index is 0.0649. The molecule has 0 atom stereocenters. The number of nitrogen functional groups attached to an aromatic ring is 2. The highest BCUT2D eigenvalue weighted by atomic mass is 16.5. The van der Waals surface area contributed by atoms with Gasteiger partial charge in [0.25, 0.3) is 11.8 Å². The summed E-state index contributed by atoms with van der Waals surface area (Å²) in [5.41, 5.74) is 10.5. The van der Waals surface area contributed by atoms with E-state index in [4.69, 9.17) is 16.1 Å². The maximum atomic E-state index is 10.6. The lowest BCUT2D eigenvalue weighted by Gasteiger charge is -2.11. The van der Waals surface area contributed by atoms with E-state index in [9.17, 15) is 5.11 Å². The second-order valence-electron chi connectivity index (χ2n) is 5.77. The van der Waals surface area contributed by atoms with Gasteiger partial charge in [-0.3, -0.25) is 0 Å². The average Bonchev–Trinajstić information content (AvgIpc) is 3.11. The second-order valence-corrected chi connectivity index (χ2v) is 5.77. The van der Waals surface area contributed by atoms with Crippen LogP contribution in [-0.4, -0.2) is 34.3 Å². The highest BCUT2D eigenvalue weighted by molar-refractivity contribution is 5.68. The van der Waals surface area contributed by atoms with E-state index in [2.05, 4.69) is 25.9 Å². The molecule has 0 unspecified atom stereocenters. The summed E-state index contributed by atoms with van der Waals surface area (Å²) in [5, 5.41) is 17.6. The summed E-state index contributed by atoms with van der Waals surface area (Å²) >= 11 is 0. The van der Waals surface area contributed by atoms with Crippen LogP contribution >= 0.6 is 0 Å². The van der Waals surface area contributed by atoms with Crippen LogP contribution in [0.4, 0.5) is 23.1 Å². The molecule has 0 spiro atoms. The Morgan fingerprint density at radius 1 is 1.31 bits per heavy atom. The molecule has 3 rings (SSSR count). The van der Waals surface area contributed by atoms with E-state index >= 15 is 0 Å². The van der Waals surface area contributed by atoms with Crippen molar-refractivity contribution in [3.8, 4) is 17.2 Å². The van der Waals surface area contributed by atoms with Crippen molar-refractivity contribution in [2.75, 3.05) is 35.5 Å². The molecule has 0 saturated carbocycles. The van der Waals surface area contributed by atoms with E-state index < -0.39 is 0 Å². The third-order valence-corrected chi connectivity index (χ3v) is 3.70. The molecule has 10 nitrogen and oxygen atoms in total. The zero-order valence-corrected chi connectivity index (χ0v) is 14.4. The molecule has 1 aromatic carbocycles. The van der Waals surface area contributed by atoms with E-state index in [1.54, 1.807) is 49.5 Å². The topological polar surface area (TPSA) is 151 Å². The normalized spacial score (nSPS) is 10.6. The summed E-state index contributed by atoms with van der Waals surface area (Å²) in [4.78, 5) is 10.1. The van der Waals surface area contributed by atoms with Crippen LogP contribution in [-0.2, 0) is 6.54 Å². The van der Waals surface area contributed by atoms with Gasteiger partial charge < -0.3 is 31.0 Å². The lowest BCUT2D eigenvalue weighted by Crippen LogP contribution is -2.11. The SMILES string of the molecule is CN(C)c1noc(-c2cccc(CNc3cnc(NN)c(N)c3)c2O)n1. The van der Waals surface area contributed by atoms with Gasteiger partial charge in [0, 0.05) is 26.2 Å². The van der Waals surface area contributed by atoms with Crippen molar-refractivity contribution >= 4 is 23.1 Å². The summed E-state index contributed by atoms with van der Waals surface area (Å²) in [7, 11) is 3.61. The van der Waals surface area contributed by atoms with Gasteiger partial charge in [-0.15, -0.1) is 0 Å². The summed E-state index contributed by atoms with van der Waals surface area (Å²) in [5.74, 6) is 6.45. The Balaban J connectivity index is 1.79. The monoisotopic (exact) mass is 356 g/mol. The maximum Gasteiger partial charge on any atom is 0.265 e. The Hall–Kier alpha value is -3.53. The quantitative estimate of drug-likeness (QED) is 0.323. The number of benzene rings is 1. The summed E-state index contributed by atoms with van der Waals surface area (Å²) in [6, 6.07) is 7.01. The highest BCUT2D eigenvalue weighted by Gasteiger charge is 2.16. The van der Waals surface area contributed by atoms with E-state index in [0.29, 0.717) is 40.8 Å². The molecule has 26 heavy (non-hydrogen) atoms. The minimum absolute atomic E-state index is 0.0649. The van der Waals surface area contributed by atoms with Gasteiger partial charge in [-0.2, -0.15) is 4.98 Å². The molecular formula is C16H20N8O2. The molecule has 0 saturated heterocycles. The fourth-order valence-electron chi connectivity index (χ4n) is 2.31. The third-order valence-electron chi connectivity index (χ3n) is 3.70. The molecular weight excluding hydrogens is 336 g/mol. The lowest BCUT2D eigenvalue weighted by molar-refractivity contribution is 0.423. The predicted octanol–water partition coefficient (Wildman–Crippen LogP) is 1.38. The molecule has 2 aromatic heterocycles. The van der Waals surface area contributed by atoms with E-state index in [0.717, 1.165) is 0 Å². The number of aromatic hydroxyl groups is 1. The van der Waals surface area contributed by atoms with Crippen LogP contribution in [0.3, 0.4) is 0 Å². The molecule has 7 N–H and O–H groups in total. The van der Waals surface area contributed by atoms with E-state index in [1.807, 2.05) is 0 Å². The number of nitrogens with zero attached hydrogens (tertiary/aromatic N) is 4. The first-order valence-electron chi connectivity index (χ1n) is 7.78. The number of anilines is 4. The van der Waals surface area contributed by atoms with Gasteiger partial charge in [-0.1, -0.05) is 12.1 Å². The van der Waals surface area contributed by atoms with Crippen molar-refractivity contribution in [3.63, 3.8) is 0 Å². The predicted molar refractivity (Wildman–Crippen MR) is 99.5 cm³/mol. The molecule has 0 aliphatic rings. The fourth-order valence-corrected chi connectivity index (χ4v) is 2.31. The number of nitrogens with two attached hydrogens (primary N) is 2. The number of phenolic OH excluding ortho intramolecular Hbond substituents is 1. The van der Waals surface area contributed by atoms with Gasteiger partial charge in [0.1, 0.15) is 5.75 Å². The van der Waals surface area contributed by atoms with Gasteiger partial charge in [-0.05, 0) is 17.3 Å². The van der Waals surface area contributed by atoms with Crippen molar-refractivity contribution in [2.24, 2.45) is 5.84 Å². The van der Waals surface area contributed by atoms with Gasteiger partial charge in [0.15, 0.2) is 5.82 Å². The Morgan fingerprint density at radius 3 is 2.77 bits per heavy atom. The molecule has 0 radical (unpaired) electrons. The molecule has 136 valence electrons. The Morgan fingerprint density at radius 2 is 2.12 bits per heavy atom. The third kappa shape index (κ3) is 3.44. The first-order chi connectivity index (χ1) is 12.5. The summed E-state index contributed by atoms with van der Waals surface area (Å²) in [6.45, 7) is 0.352. The maximum absolute atomic E-state index is 10.6. The van der Waals surface area contributed by atoms with Crippen molar-refractivity contribution in [2.45, 2.75) is 6.54 Å². The van der Waals surface area contributed by atoms with Crippen LogP contribution in [0, 0.1) is 0 Å². The first kappa shape index (κ1) is 17.3. The zero-order valence-electron chi connectivity index (χ0n) is 14.4. The zero-order chi connectivity index (χ0) is 18.7. The van der Waals surface area contributed by atoms with Gasteiger partial charge in [0.2, 0.25) is 0 Å². The molecule has 3 aromatic rings. The largest absolute Gasteiger partial charge is 0.507 e. The van der Waals surface area contributed by atoms with E-state index in [1.165, 1.54) is 0 Å². The number of hydrogen-bond donors (Lipinski definition) is 5. The molecule has 0 fully saturated rings. The standard InChI is InChI=1S/C16H20N8O2/c1-24(2)16-21-15(26-23-16)11-5-3-4-9(13(11)25)7-19-10-6-12(17)14(22-18)20-8-10/h3-6,8,19,25H,7,17-18H2,1-2H3,(H,20,22). The number of hydrogen-bond acceptors (Lipinski definition) is 10. The Labute approximate surface area is 149 Å². The fraction of sp³-hybridized carbons (Fsp3) is 0.188. The van der Waals surface area contributed by atoms with Crippen LogP contribution in [0.15, 0.2) is 35.0 Å². The second kappa shape index (κ2) is 7.15. The van der Waals surface area contributed by atoms with Crippen LogP contribution in [0.2, 0.25) is 0 Å². The number of rotatable bonds is 6. The molecule has 2 heterocycles. The van der Waals surface area contributed by atoms with Crippen molar-refractivity contribution in [3.05, 3.63) is 36.0 Å². The summed E-state index contributed by atoms with van der Waals surface area (Å²) in [6.07, 6.45) is 1.59. The number of hydrazine groups is 1. The number of phenols is 1. The van der Waals surface area contributed by atoms with Gasteiger partial charge >= 0.3 is 0 Å². The number of aromatic nitrogens is 3. The first-order valence-corrected chi connectivity index (χ1v) is 7.78. The molecule has 0 amide bonds. The van der Waals surface area contributed by atoms with Crippen molar-refractivity contribution in [1.82, 2.24) is 15.1 Å². The molecule has 0 aliphatic carbocycles. The van der Waals surface area contributed by atoms with Crippen molar-refractivity contribution < 1.29 is 9.63 Å². The van der Waals surface area contributed by atoms with Crippen LogP contribution in [0.5, 0.6) is 5.75 Å². The summed E-state index contributed by atoms with van der Waals surface area (Å²) < 4.78 is 5.22. The Bertz CT molecular complexity index is 909. The minimum Gasteiger partial charge on any atom is -0.507 e. The smallest absolute Gasteiger partial charge is 0.265 e. The van der Waals surface area contributed by atoms with Gasteiger partial charge in [0.05, 0.1) is 23.1 Å².